The van der Waals surface area contributed by atoms with Crippen molar-refractivity contribution in [3.05, 3.63) is 59.9 Å². The molecule has 2 aromatic rings. The Morgan fingerprint density at radius 1 is 1.19 bits per heavy atom. The quantitative estimate of drug-likeness (QED) is 0.822. The van der Waals surface area contributed by atoms with Crippen LogP contribution in [0.25, 0.3) is 0 Å². The SMILES string of the molecule is CC(c1ccccc1)n1cccc1C(N)=S. The molecule has 0 radical (unpaired) electrons. The second kappa shape index (κ2) is 4.49. The molecule has 1 aromatic heterocycles. The van der Waals surface area contributed by atoms with Crippen LogP contribution in [-0.4, -0.2) is 9.56 Å². The summed E-state index contributed by atoms with van der Waals surface area (Å²) in [6.45, 7) is 2.14. The number of hydrogen-bond donors (Lipinski definition) is 1. The molecule has 2 N–H and O–H groups in total. The summed E-state index contributed by atoms with van der Waals surface area (Å²) >= 11 is 5.03. The maximum atomic E-state index is 5.69. The molecule has 16 heavy (non-hydrogen) atoms. The van der Waals surface area contributed by atoms with Crippen LogP contribution in [0.1, 0.15) is 24.2 Å². The Kier molecular flexibility index (Phi) is 3.06. The van der Waals surface area contributed by atoms with Gasteiger partial charge in [0, 0.05) is 6.20 Å². The van der Waals surface area contributed by atoms with E-state index in [9.17, 15) is 0 Å². The van der Waals surface area contributed by atoms with E-state index < -0.39 is 0 Å². The summed E-state index contributed by atoms with van der Waals surface area (Å²) in [5.41, 5.74) is 7.84. The molecule has 1 heterocycles. The van der Waals surface area contributed by atoms with E-state index in [1.54, 1.807) is 0 Å². The number of hydrogen-bond acceptors (Lipinski definition) is 1. The Morgan fingerprint density at radius 2 is 1.88 bits per heavy atom. The summed E-state index contributed by atoms with van der Waals surface area (Å²) < 4.78 is 2.09. The van der Waals surface area contributed by atoms with Crippen LogP contribution in [0.15, 0.2) is 48.7 Å². The van der Waals surface area contributed by atoms with E-state index in [1.807, 2.05) is 36.5 Å². The predicted octanol–water partition coefficient (Wildman–Crippen LogP) is 2.73. The second-order valence-corrected chi connectivity index (χ2v) is 4.19. The van der Waals surface area contributed by atoms with Crippen molar-refractivity contribution < 1.29 is 0 Å². The van der Waals surface area contributed by atoms with Gasteiger partial charge in [0.15, 0.2) is 0 Å². The predicted molar refractivity (Wildman–Crippen MR) is 70.6 cm³/mol. The first-order valence-corrected chi connectivity index (χ1v) is 5.62. The van der Waals surface area contributed by atoms with Crippen molar-refractivity contribution >= 4 is 17.2 Å². The maximum Gasteiger partial charge on any atom is 0.120 e. The van der Waals surface area contributed by atoms with E-state index in [0.717, 1.165) is 5.69 Å². The molecule has 2 nitrogen and oxygen atoms in total. The lowest BCUT2D eigenvalue weighted by molar-refractivity contribution is 0.639. The van der Waals surface area contributed by atoms with E-state index in [4.69, 9.17) is 18.0 Å². The first kappa shape index (κ1) is 10.9. The summed E-state index contributed by atoms with van der Waals surface area (Å²) in [5.74, 6) is 0. The largest absolute Gasteiger partial charge is 0.388 e. The zero-order valence-corrected chi connectivity index (χ0v) is 9.95. The Balaban J connectivity index is 2.38. The fourth-order valence-electron chi connectivity index (χ4n) is 1.83. The van der Waals surface area contributed by atoms with Crippen LogP contribution in [-0.2, 0) is 0 Å². The molecule has 0 spiro atoms. The first-order valence-electron chi connectivity index (χ1n) is 5.21. The van der Waals surface area contributed by atoms with Crippen LogP contribution in [0.2, 0.25) is 0 Å². The highest BCUT2D eigenvalue weighted by Crippen LogP contribution is 2.19. The highest BCUT2D eigenvalue weighted by atomic mass is 32.1. The van der Waals surface area contributed by atoms with E-state index in [0.29, 0.717) is 4.99 Å². The molecular weight excluding hydrogens is 216 g/mol. The van der Waals surface area contributed by atoms with Gasteiger partial charge in [0.2, 0.25) is 0 Å². The standard InChI is InChI=1S/C13H14N2S/c1-10(11-6-3-2-4-7-11)15-9-5-8-12(15)13(14)16/h2-10H,1H3,(H2,14,16). The van der Waals surface area contributed by atoms with Gasteiger partial charge in [0.05, 0.1) is 11.7 Å². The molecule has 1 aromatic carbocycles. The summed E-state index contributed by atoms with van der Waals surface area (Å²) in [4.78, 5) is 0.438. The van der Waals surface area contributed by atoms with Gasteiger partial charge in [0.25, 0.3) is 0 Å². The van der Waals surface area contributed by atoms with Crippen molar-refractivity contribution in [3.8, 4) is 0 Å². The maximum absolute atomic E-state index is 5.69. The van der Waals surface area contributed by atoms with E-state index in [1.165, 1.54) is 5.56 Å². The molecule has 82 valence electrons. The van der Waals surface area contributed by atoms with Crippen LogP contribution >= 0.6 is 12.2 Å². The van der Waals surface area contributed by atoms with Crippen molar-refractivity contribution in [1.82, 2.24) is 4.57 Å². The Bertz CT molecular complexity index is 488. The molecule has 0 saturated heterocycles. The Labute approximate surface area is 101 Å². The van der Waals surface area contributed by atoms with Crippen molar-refractivity contribution in [2.75, 3.05) is 0 Å². The molecule has 0 aliphatic rings. The van der Waals surface area contributed by atoms with Gasteiger partial charge in [-0.2, -0.15) is 0 Å². The minimum absolute atomic E-state index is 0.243. The van der Waals surface area contributed by atoms with E-state index >= 15 is 0 Å². The summed E-state index contributed by atoms with van der Waals surface area (Å²) in [7, 11) is 0. The normalized spacial score (nSPS) is 12.3. The van der Waals surface area contributed by atoms with Crippen molar-refractivity contribution in [3.63, 3.8) is 0 Å². The Morgan fingerprint density at radius 3 is 2.50 bits per heavy atom. The third-order valence-electron chi connectivity index (χ3n) is 2.73. The average Bonchev–Trinajstić information content (AvgIpc) is 2.78. The zero-order valence-electron chi connectivity index (χ0n) is 9.13. The number of thiocarbonyl (C=S) groups is 1. The lowest BCUT2D eigenvalue weighted by Gasteiger charge is -2.17. The number of nitrogens with zero attached hydrogens (tertiary/aromatic N) is 1. The molecule has 1 unspecified atom stereocenters. The third-order valence-corrected chi connectivity index (χ3v) is 2.94. The monoisotopic (exact) mass is 230 g/mol. The van der Waals surface area contributed by atoms with E-state index in [-0.39, 0.29) is 6.04 Å². The molecule has 0 aliphatic heterocycles. The molecule has 2 rings (SSSR count). The van der Waals surface area contributed by atoms with Crippen LogP contribution < -0.4 is 5.73 Å². The van der Waals surface area contributed by atoms with Crippen molar-refractivity contribution in [1.29, 1.82) is 0 Å². The number of aromatic nitrogens is 1. The van der Waals surface area contributed by atoms with Gasteiger partial charge in [-0.15, -0.1) is 0 Å². The van der Waals surface area contributed by atoms with Gasteiger partial charge in [-0.3, -0.25) is 0 Å². The highest BCUT2D eigenvalue weighted by molar-refractivity contribution is 7.80. The molecule has 0 aliphatic carbocycles. The highest BCUT2D eigenvalue weighted by Gasteiger charge is 2.11. The minimum atomic E-state index is 0.243. The van der Waals surface area contributed by atoms with Crippen molar-refractivity contribution in [2.45, 2.75) is 13.0 Å². The number of rotatable bonds is 3. The topological polar surface area (TPSA) is 30.9 Å². The van der Waals surface area contributed by atoms with Crippen molar-refractivity contribution in [2.24, 2.45) is 5.73 Å². The molecule has 0 saturated carbocycles. The smallest absolute Gasteiger partial charge is 0.120 e. The molecular formula is C13H14N2S. The molecule has 1 atom stereocenters. The van der Waals surface area contributed by atoms with Gasteiger partial charge in [-0.05, 0) is 24.6 Å². The molecule has 3 heteroatoms. The second-order valence-electron chi connectivity index (χ2n) is 3.75. The van der Waals surface area contributed by atoms with Crippen LogP contribution in [0, 0.1) is 0 Å². The van der Waals surface area contributed by atoms with Gasteiger partial charge < -0.3 is 10.3 Å². The fourth-order valence-corrected chi connectivity index (χ4v) is 2.01. The summed E-state index contributed by atoms with van der Waals surface area (Å²) in [6.07, 6.45) is 2.01. The van der Waals surface area contributed by atoms with Gasteiger partial charge in [-0.1, -0.05) is 42.5 Å². The lowest BCUT2D eigenvalue weighted by atomic mass is 10.1. The number of benzene rings is 1. The zero-order chi connectivity index (χ0) is 11.5. The van der Waals surface area contributed by atoms with Crippen LogP contribution in [0.3, 0.4) is 0 Å². The van der Waals surface area contributed by atoms with Crippen LogP contribution in [0.4, 0.5) is 0 Å². The van der Waals surface area contributed by atoms with E-state index in [2.05, 4.69) is 23.6 Å². The summed E-state index contributed by atoms with van der Waals surface area (Å²) in [5, 5.41) is 0. The third kappa shape index (κ3) is 1.99. The fraction of sp³-hybridized carbons (Fsp3) is 0.154. The lowest BCUT2D eigenvalue weighted by Crippen LogP contribution is -2.18. The average molecular weight is 230 g/mol. The van der Waals surface area contributed by atoms with Gasteiger partial charge in [0.1, 0.15) is 4.99 Å². The molecule has 0 amide bonds. The Hall–Kier alpha value is -1.61. The molecule has 0 bridgehead atoms. The molecule has 0 fully saturated rings. The van der Waals surface area contributed by atoms with Crippen LogP contribution in [0.5, 0.6) is 0 Å². The number of nitrogens with two attached hydrogens (primary N) is 1. The summed E-state index contributed by atoms with van der Waals surface area (Å²) in [6, 6.07) is 14.5. The van der Waals surface area contributed by atoms with Gasteiger partial charge in [-0.25, -0.2) is 0 Å². The first-order chi connectivity index (χ1) is 7.70. The van der Waals surface area contributed by atoms with Gasteiger partial charge >= 0.3 is 0 Å². The minimum Gasteiger partial charge on any atom is -0.388 e.